The molecule has 1 aromatic heterocycles. The number of benzene rings is 1. The molecule has 0 radical (unpaired) electrons. The number of aromatic amines is 1. The van der Waals surface area contributed by atoms with Crippen LogP contribution in [0.5, 0.6) is 0 Å². The van der Waals surface area contributed by atoms with Gasteiger partial charge in [0.2, 0.25) is 5.91 Å². The van der Waals surface area contributed by atoms with Crippen LogP contribution in [0, 0.1) is 0 Å². The van der Waals surface area contributed by atoms with Crippen LogP contribution in [-0.4, -0.2) is 15.9 Å². The highest BCUT2D eigenvalue weighted by molar-refractivity contribution is 5.80. The van der Waals surface area contributed by atoms with Gasteiger partial charge in [-0.15, -0.1) is 0 Å². The van der Waals surface area contributed by atoms with E-state index in [1.54, 1.807) is 0 Å². The maximum absolute atomic E-state index is 10.9. The lowest BCUT2D eigenvalue weighted by atomic mass is 10.1. The number of nitrogens with two attached hydrogens (primary N) is 1. The van der Waals surface area contributed by atoms with Gasteiger partial charge >= 0.3 is 0 Å². The Labute approximate surface area is 106 Å². The van der Waals surface area contributed by atoms with Crippen molar-refractivity contribution in [1.29, 1.82) is 0 Å². The lowest BCUT2D eigenvalue weighted by Gasteiger charge is -2.02. The van der Waals surface area contributed by atoms with Crippen molar-refractivity contribution >= 4 is 16.9 Å². The predicted molar refractivity (Wildman–Crippen MR) is 70.2 cm³/mol. The van der Waals surface area contributed by atoms with E-state index in [1.165, 1.54) is 25.7 Å². The lowest BCUT2D eigenvalue weighted by Crippen LogP contribution is -2.13. The maximum atomic E-state index is 10.9. The van der Waals surface area contributed by atoms with E-state index in [0.717, 1.165) is 22.4 Å². The van der Waals surface area contributed by atoms with E-state index in [9.17, 15) is 4.79 Å². The minimum atomic E-state index is -0.301. The van der Waals surface area contributed by atoms with Gasteiger partial charge in [0.15, 0.2) is 0 Å². The van der Waals surface area contributed by atoms with Crippen molar-refractivity contribution in [2.45, 2.75) is 38.0 Å². The third-order valence-electron chi connectivity index (χ3n) is 3.68. The van der Waals surface area contributed by atoms with Crippen LogP contribution in [0.25, 0.3) is 11.0 Å². The number of amides is 1. The van der Waals surface area contributed by atoms with Gasteiger partial charge < -0.3 is 10.7 Å². The number of primary amides is 1. The lowest BCUT2D eigenvalue weighted by molar-refractivity contribution is -0.117. The molecule has 1 aliphatic carbocycles. The summed E-state index contributed by atoms with van der Waals surface area (Å²) in [4.78, 5) is 18.9. The number of hydrogen-bond acceptors (Lipinski definition) is 2. The van der Waals surface area contributed by atoms with Crippen LogP contribution in [0.15, 0.2) is 18.2 Å². The number of imidazole rings is 1. The van der Waals surface area contributed by atoms with Crippen LogP contribution in [-0.2, 0) is 11.2 Å². The quantitative estimate of drug-likeness (QED) is 0.867. The van der Waals surface area contributed by atoms with E-state index in [-0.39, 0.29) is 12.3 Å². The molecule has 4 nitrogen and oxygen atoms in total. The summed E-state index contributed by atoms with van der Waals surface area (Å²) in [5.74, 6) is 1.38. The molecule has 1 fully saturated rings. The fourth-order valence-electron chi connectivity index (χ4n) is 2.78. The number of carbonyl (C=O) groups is 1. The predicted octanol–water partition coefficient (Wildman–Crippen LogP) is 2.25. The molecule has 0 spiro atoms. The van der Waals surface area contributed by atoms with E-state index in [2.05, 4.69) is 9.97 Å². The molecule has 4 heteroatoms. The van der Waals surface area contributed by atoms with Crippen LogP contribution in [0.2, 0.25) is 0 Å². The number of rotatable bonds is 3. The van der Waals surface area contributed by atoms with E-state index < -0.39 is 0 Å². The molecule has 1 amide bonds. The number of carbonyl (C=O) groups excluding carboxylic acids is 1. The van der Waals surface area contributed by atoms with Gasteiger partial charge in [-0.1, -0.05) is 18.9 Å². The standard InChI is InChI=1S/C14H17N3O/c15-13(18)8-9-5-6-11-12(7-9)17-14(16-11)10-3-1-2-4-10/h5-7,10H,1-4,8H2,(H2,15,18)(H,16,17). The highest BCUT2D eigenvalue weighted by Gasteiger charge is 2.20. The number of aromatic nitrogens is 2. The summed E-state index contributed by atoms with van der Waals surface area (Å²) in [7, 11) is 0. The number of hydrogen-bond donors (Lipinski definition) is 2. The normalized spacial score (nSPS) is 16.4. The van der Waals surface area contributed by atoms with Crippen LogP contribution >= 0.6 is 0 Å². The molecule has 0 bridgehead atoms. The Hall–Kier alpha value is -1.84. The Morgan fingerprint density at radius 2 is 2.17 bits per heavy atom. The van der Waals surface area contributed by atoms with Crippen LogP contribution < -0.4 is 5.73 Å². The molecule has 3 N–H and O–H groups in total. The van der Waals surface area contributed by atoms with E-state index in [1.807, 2.05) is 18.2 Å². The smallest absolute Gasteiger partial charge is 0.221 e. The summed E-state index contributed by atoms with van der Waals surface area (Å²) in [5, 5.41) is 0. The Bertz CT molecular complexity index is 582. The third kappa shape index (κ3) is 2.10. The Morgan fingerprint density at radius 1 is 1.39 bits per heavy atom. The molecule has 3 rings (SSSR count). The van der Waals surface area contributed by atoms with Gasteiger partial charge in [-0.2, -0.15) is 0 Å². The molecule has 18 heavy (non-hydrogen) atoms. The van der Waals surface area contributed by atoms with Crippen LogP contribution in [0.3, 0.4) is 0 Å². The van der Waals surface area contributed by atoms with Crippen molar-refractivity contribution in [2.75, 3.05) is 0 Å². The van der Waals surface area contributed by atoms with Crippen molar-refractivity contribution in [3.8, 4) is 0 Å². The molecule has 0 saturated heterocycles. The minimum absolute atomic E-state index is 0.285. The molecule has 1 aromatic carbocycles. The first kappa shape index (κ1) is 11.3. The van der Waals surface area contributed by atoms with Gasteiger partial charge in [0.05, 0.1) is 17.5 Å². The van der Waals surface area contributed by atoms with Gasteiger partial charge in [0.1, 0.15) is 5.82 Å². The first-order valence-electron chi connectivity index (χ1n) is 6.49. The van der Waals surface area contributed by atoms with Gasteiger partial charge in [0.25, 0.3) is 0 Å². The number of H-pyrrole nitrogens is 1. The van der Waals surface area contributed by atoms with Crippen LogP contribution in [0.4, 0.5) is 0 Å². The highest BCUT2D eigenvalue weighted by Crippen LogP contribution is 2.33. The van der Waals surface area contributed by atoms with Crippen LogP contribution in [0.1, 0.15) is 43.0 Å². The molecule has 1 aliphatic rings. The second-order valence-electron chi connectivity index (χ2n) is 5.10. The molecule has 2 aromatic rings. The van der Waals surface area contributed by atoms with Crippen molar-refractivity contribution in [2.24, 2.45) is 5.73 Å². The Kier molecular flexibility index (Phi) is 2.78. The SMILES string of the molecule is NC(=O)Cc1ccc2nc(C3CCCC3)[nH]c2c1. The van der Waals surface area contributed by atoms with E-state index in [4.69, 9.17) is 5.73 Å². The number of nitrogens with zero attached hydrogens (tertiary/aromatic N) is 1. The summed E-state index contributed by atoms with van der Waals surface area (Å²) in [6, 6.07) is 5.86. The molecule has 0 atom stereocenters. The molecular formula is C14H17N3O. The topological polar surface area (TPSA) is 71.8 Å². The second kappa shape index (κ2) is 4.44. The van der Waals surface area contributed by atoms with Gasteiger partial charge in [-0.25, -0.2) is 4.98 Å². The monoisotopic (exact) mass is 243 g/mol. The summed E-state index contributed by atoms with van der Waals surface area (Å²) in [5.41, 5.74) is 8.14. The molecular weight excluding hydrogens is 226 g/mol. The first-order valence-corrected chi connectivity index (χ1v) is 6.49. The van der Waals surface area contributed by atoms with Crippen molar-refractivity contribution in [3.05, 3.63) is 29.6 Å². The fraction of sp³-hybridized carbons (Fsp3) is 0.429. The van der Waals surface area contributed by atoms with Gasteiger partial charge in [-0.05, 0) is 30.5 Å². The average molecular weight is 243 g/mol. The van der Waals surface area contributed by atoms with Crippen molar-refractivity contribution in [1.82, 2.24) is 9.97 Å². The highest BCUT2D eigenvalue weighted by atomic mass is 16.1. The Morgan fingerprint density at radius 3 is 2.89 bits per heavy atom. The van der Waals surface area contributed by atoms with E-state index >= 15 is 0 Å². The average Bonchev–Trinajstić information content (AvgIpc) is 2.95. The van der Waals surface area contributed by atoms with Gasteiger partial charge in [0, 0.05) is 5.92 Å². The summed E-state index contributed by atoms with van der Waals surface area (Å²) in [6.45, 7) is 0. The first-order chi connectivity index (χ1) is 8.72. The fourth-order valence-corrected chi connectivity index (χ4v) is 2.78. The second-order valence-corrected chi connectivity index (χ2v) is 5.10. The zero-order chi connectivity index (χ0) is 12.5. The molecule has 0 aliphatic heterocycles. The molecule has 1 saturated carbocycles. The third-order valence-corrected chi connectivity index (χ3v) is 3.68. The summed E-state index contributed by atoms with van der Waals surface area (Å²) in [6.07, 6.45) is 5.35. The number of nitrogens with one attached hydrogen (secondary N) is 1. The van der Waals surface area contributed by atoms with Gasteiger partial charge in [-0.3, -0.25) is 4.79 Å². The largest absolute Gasteiger partial charge is 0.369 e. The van der Waals surface area contributed by atoms with E-state index in [0.29, 0.717) is 5.92 Å². The maximum Gasteiger partial charge on any atom is 0.221 e. The zero-order valence-corrected chi connectivity index (χ0v) is 10.3. The summed E-state index contributed by atoms with van der Waals surface area (Å²) < 4.78 is 0. The zero-order valence-electron chi connectivity index (χ0n) is 10.3. The Balaban J connectivity index is 1.93. The number of fused-ring (bicyclic) bond motifs is 1. The summed E-state index contributed by atoms with van der Waals surface area (Å²) >= 11 is 0. The molecule has 0 unspecified atom stereocenters. The molecule has 94 valence electrons. The van der Waals surface area contributed by atoms with Crippen molar-refractivity contribution < 1.29 is 4.79 Å². The minimum Gasteiger partial charge on any atom is -0.369 e. The van der Waals surface area contributed by atoms with Crippen molar-refractivity contribution in [3.63, 3.8) is 0 Å². The molecule has 1 heterocycles.